The molecule has 178 valence electrons. The number of nitro groups is 1. The molecule has 9 nitrogen and oxygen atoms in total. The van der Waals surface area contributed by atoms with Crippen LogP contribution in [0.25, 0.3) is 0 Å². The van der Waals surface area contributed by atoms with Crippen molar-refractivity contribution in [2.75, 3.05) is 23.0 Å². The highest BCUT2D eigenvalue weighted by Gasteiger charge is 2.21. The monoisotopic (exact) mass is 523 g/mol. The first-order chi connectivity index (χ1) is 16.0. The Labute approximate surface area is 206 Å². The number of halogens is 2. The van der Waals surface area contributed by atoms with Crippen LogP contribution in [0.5, 0.6) is 5.75 Å². The average Bonchev–Trinajstić information content (AvgIpc) is 2.78. The van der Waals surface area contributed by atoms with Gasteiger partial charge in [0.2, 0.25) is 10.0 Å². The zero-order valence-electron chi connectivity index (χ0n) is 18.0. The van der Waals surface area contributed by atoms with Crippen LogP contribution in [0.2, 0.25) is 10.0 Å². The summed E-state index contributed by atoms with van der Waals surface area (Å²) in [6.45, 7) is -0.103. The molecule has 0 spiro atoms. The average molecular weight is 524 g/mol. The lowest BCUT2D eigenvalue weighted by molar-refractivity contribution is -0.384. The van der Waals surface area contributed by atoms with Crippen molar-refractivity contribution in [2.24, 2.45) is 0 Å². The van der Waals surface area contributed by atoms with Gasteiger partial charge in [-0.3, -0.25) is 19.2 Å². The Morgan fingerprint density at radius 1 is 1.09 bits per heavy atom. The van der Waals surface area contributed by atoms with Gasteiger partial charge in [0, 0.05) is 33.3 Å². The van der Waals surface area contributed by atoms with Crippen LogP contribution in [0, 0.1) is 10.1 Å². The summed E-state index contributed by atoms with van der Waals surface area (Å²) in [6.07, 6.45) is 1.05. The molecule has 0 aliphatic carbocycles. The van der Waals surface area contributed by atoms with E-state index in [0.29, 0.717) is 21.3 Å². The molecule has 12 heteroatoms. The third-order valence-corrected chi connectivity index (χ3v) is 6.67. The fraction of sp³-hybridized carbons (Fsp3) is 0.136. The van der Waals surface area contributed by atoms with E-state index in [1.807, 2.05) is 0 Å². The summed E-state index contributed by atoms with van der Waals surface area (Å²) < 4.78 is 31.2. The number of sulfonamides is 1. The number of benzene rings is 3. The van der Waals surface area contributed by atoms with Crippen molar-refractivity contribution in [2.45, 2.75) is 6.54 Å². The van der Waals surface area contributed by atoms with Crippen LogP contribution in [-0.4, -0.2) is 32.6 Å². The highest BCUT2D eigenvalue weighted by molar-refractivity contribution is 7.92. The maximum absolute atomic E-state index is 12.7. The molecule has 3 aromatic rings. The number of rotatable bonds is 8. The molecule has 1 N–H and O–H groups in total. The zero-order chi connectivity index (χ0) is 25.0. The number of methoxy groups -OCH3 is 1. The third kappa shape index (κ3) is 5.77. The molecule has 0 unspecified atom stereocenters. The van der Waals surface area contributed by atoms with Crippen LogP contribution >= 0.6 is 23.2 Å². The van der Waals surface area contributed by atoms with Crippen LogP contribution in [0.4, 0.5) is 17.1 Å². The summed E-state index contributed by atoms with van der Waals surface area (Å²) >= 11 is 12.4. The molecule has 0 aromatic heterocycles. The van der Waals surface area contributed by atoms with E-state index >= 15 is 0 Å². The number of hydrogen-bond acceptors (Lipinski definition) is 6. The second kappa shape index (κ2) is 10.3. The number of nitro benzene ring substituents is 1. The van der Waals surface area contributed by atoms with Crippen LogP contribution in [-0.2, 0) is 16.6 Å². The van der Waals surface area contributed by atoms with Crippen LogP contribution in [0.3, 0.4) is 0 Å². The SMILES string of the molecule is COc1ccc([N+](=O)[O-])cc1NC(=O)c1ccc(N(Cc2c(Cl)cccc2Cl)S(C)(=O)=O)cc1. The largest absolute Gasteiger partial charge is 0.495 e. The number of nitrogens with one attached hydrogen (secondary N) is 1. The van der Waals surface area contributed by atoms with Crippen molar-refractivity contribution in [3.05, 3.63) is 92.0 Å². The summed E-state index contributed by atoms with van der Waals surface area (Å²) in [4.78, 5) is 23.2. The topological polar surface area (TPSA) is 119 Å². The minimum Gasteiger partial charge on any atom is -0.495 e. The summed E-state index contributed by atoms with van der Waals surface area (Å²) in [6, 6.07) is 14.5. The smallest absolute Gasteiger partial charge is 0.271 e. The van der Waals surface area contributed by atoms with Crippen molar-refractivity contribution in [1.82, 2.24) is 0 Å². The predicted octanol–water partition coefficient (Wildman–Crippen LogP) is 5.13. The maximum atomic E-state index is 12.7. The van der Waals surface area contributed by atoms with E-state index in [-0.39, 0.29) is 29.2 Å². The minimum atomic E-state index is -3.72. The van der Waals surface area contributed by atoms with Gasteiger partial charge >= 0.3 is 0 Å². The minimum absolute atomic E-state index is 0.103. The Morgan fingerprint density at radius 2 is 1.71 bits per heavy atom. The highest BCUT2D eigenvalue weighted by atomic mass is 35.5. The number of anilines is 2. The molecular formula is C22H19Cl2N3O6S. The molecule has 0 bridgehead atoms. The molecular weight excluding hydrogens is 505 g/mol. The second-order valence-electron chi connectivity index (χ2n) is 7.11. The van der Waals surface area contributed by atoms with E-state index in [1.165, 1.54) is 49.6 Å². The van der Waals surface area contributed by atoms with E-state index in [4.69, 9.17) is 27.9 Å². The first kappa shape index (κ1) is 25.3. The Bertz CT molecular complexity index is 1330. The molecule has 0 saturated heterocycles. The first-order valence-corrected chi connectivity index (χ1v) is 12.3. The van der Waals surface area contributed by atoms with Crippen molar-refractivity contribution in [3.8, 4) is 5.75 Å². The number of carbonyl (C=O) groups excluding carboxylic acids is 1. The van der Waals surface area contributed by atoms with E-state index < -0.39 is 20.9 Å². The maximum Gasteiger partial charge on any atom is 0.271 e. The van der Waals surface area contributed by atoms with Gasteiger partial charge in [0.05, 0.1) is 36.2 Å². The number of carbonyl (C=O) groups is 1. The van der Waals surface area contributed by atoms with E-state index in [0.717, 1.165) is 10.6 Å². The molecule has 3 aromatic carbocycles. The fourth-order valence-electron chi connectivity index (χ4n) is 3.11. The predicted molar refractivity (Wildman–Crippen MR) is 132 cm³/mol. The number of ether oxygens (including phenoxy) is 1. The molecule has 34 heavy (non-hydrogen) atoms. The molecule has 0 aliphatic heterocycles. The second-order valence-corrected chi connectivity index (χ2v) is 9.83. The molecule has 0 fully saturated rings. The van der Waals surface area contributed by atoms with Crippen molar-refractivity contribution >= 4 is 56.2 Å². The standard InChI is InChI=1S/C22H19Cl2N3O6S/c1-33-21-11-10-16(27(29)30)12-20(21)25-22(28)14-6-8-15(9-7-14)26(34(2,31)32)13-17-18(23)4-3-5-19(17)24/h3-12H,13H2,1-2H3,(H,25,28). The number of hydrogen-bond donors (Lipinski definition) is 1. The lowest BCUT2D eigenvalue weighted by Gasteiger charge is -2.23. The normalized spacial score (nSPS) is 11.1. The van der Waals surface area contributed by atoms with Gasteiger partial charge in [-0.05, 0) is 42.5 Å². The molecule has 1 amide bonds. The van der Waals surface area contributed by atoms with Gasteiger partial charge in [0.1, 0.15) is 5.75 Å². The van der Waals surface area contributed by atoms with Crippen molar-refractivity contribution in [1.29, 1.82) is 0 Å². The Kier molecular flexibility index (Phi) is 7.65. The van der Waals surface area contributed by atoms with E-state index in [1.54, 1.807) is 18.2 Å². The fourth-order valence-corrected chi connectivity index (χ4v) is 4.49. The number of nitrogens with zero attached hydrogens (tertiary/aromatic N) is 2. The summed E-state index contributed by atoms with van der Waals surface area (Å²) in [7, 11) is -2.35. The first-order valence-electron chi connectivity index (χ1n) is 9.65. The number of non-ortho nitro benzene ring substituents is 1. The summed E-state index contributed by atoms with van der Waals surface area (Å²) in [5.74, 6) is -0.319. The Morgan fingerprint density at radius 3 is 2.24 bits per heavy atom. The molecule has 0 atom stereocenters. The van der Waals surface area contributed by atoms with Gasteiger partial charge < -0.3 is 10.1 Å². The van der Waals surface area contributed by atoms with Gasteiger partial charge in [0.25, 0.3) is 11.6 Å². The van der Waals surface area contributed by atoms with Gasteiger partial charge in [-0.25, -0.2) is 8.42 Å². The lowest BCUT2D eigenvalue weighted by atomic mass is 10.1. The van der Waals surface area contributed by atoms with Crippen molar-refractivity contribution < 1.29 is 22.9 Å². The Hall–Kier alpha value is -3.34. The van der Waals surface area contributed by atoms with Crippen LogP contribution in [0.1, 0.15) is 15.9 Å². The molecule has 0 heterocycles. The van der Waals surface area contributed by atoms with Gasteiger partial charge in [0.15, 0.2) is 0 Å². The zero-order valence-corrected chi connectivity index (χ0v) is 20.3. The molecule has 0 saturated carbocycles. The number of amides is 1. The van der Waals surface area contributed by atoms with E-state index in [2.05, 4.69) is 5.32 Å². The van der Waals surface area contributed by atoms with Crippen LogP contribution < -0.4 is 14.4 Å². The van der Waals surface area contributed by atoms with Crippen molar-refractivity contribution in [3.63, 3.8) is 0 Å². The molecule has 0 radical (unpaired) electrons. The lowest BCUT2D eigenvalue weighted by Crippen LogP contribution is -2.29. The quantitative estimate of drug-likeness (QED) is 0.323. The Balaban J connectivity index is 1.87. The highest BCUT2D eigenvalue weighted by Crippen LogP contribution is 2.31. The molecule has 0 aliphatic rings. The summed E-state index contributed by atoms with van der Waals surface area (Å²) in [5, 5.41) is 14.3. The van der Waals surface area contributed by atoms with Gasteiger partial charge in [-0.1, -0.05) is 29.3 Å². The van der Waals surface area contributed by atoms with Gasteiger partial charge in [-0.15, -0.1) is 0 Å². The van der Waals surface area contributed by atoms with Gasteiger partial charge in [-0.2, -0.15) is 0 Å². The summed E-state index contributed by atoms with van der Waals surface area (Å²) in [5.41, 5.74) is 0.839. The third-order valence-electron chi connectivity index (χ3n) is 4.82. The molecule has 3 rings (SSSR count). The van der Waals surface area contributed by atoms with Crippen LogP contribution in [0.15, 0.2) is 60.7 Å². The van der Waals surface area contributed by atoms with E-state index in [9.17, 15) is 23.3 Å².